The molecule has 0 saturated heterocycles. The largest absolute Gasteiger partial charge is 0.491 e. The molecule has 8 heteroatoms. The van der Waals surface area contributed by atoms with Gasteiger partial charge in [-0.2, -0.15) is 14.6 Å². The zero-order valence-corrected chi connectivity index (χ0v) is 19.1. The molecule has 33 heavy (non-hydrogen) atoms. The number of fused-ring (bicyclic) bond motifs is 2. The van der Waals surface area contributed by atoms with Crippen LogP contribution in [0.4, 0.5) is 0 Å². The minimum atomic E-state index is -0.483. The Kier molecular flexibility index (Phi) is 5.30. The van der Waals surface area contributed by atoms with Gasteiger partial charge in [-0.1, -0.05) is 29.5 Å². The Hall–Kier alpha value is -3.78. The van der Waals surface area contributed by atoms with Crippen LogP contribution in [0.3, 0.4) is 0 Å². The highest BCUT2D eigenvalue weighted by Gasteiger charge is 2.18. The molecule has 0 spiro atoms. The second-order valence-corrected chi connectivity index (χ2v) is 9.02. The summed E-state index contributed by atoms with van der Waals surface area (Å²) in [5.41, 5.74) is 1.70. The van der Waals surface area contributed by atoms with Gasteiger partial charge in [-0.05, 0) is 68.8 Å². The van der Waals surface area contributed by atoms with Crippen molar-refractivity contribution in [2.24, 2.45) is 0 Å². The Morgan fingerprint density at radius 1 is 1.12 bits per heavy atom. The molecule has 0 N–H and O–H groups in total. The van der Waals surface area contributed by atoms with Gasteiger partial charge in [0, 0.05) is 11.1 Å². The van der Waals surface area contributed by atoms with Crippen molar-refractivity contribution in [1.82, 2.24) is 14.6 Å². The van der Waals surface area contributed by atoms with Gasteiger partial charge in [0.25, 0.3) is 5.56 Å². The fourth-order valence-electron chi connectivity index (χ4n) is 3.63. The van der Waals surface area contributed by atoms with Crippen LogP contribution in [0.5, 0.6) is 11.5 Å². The van der Waals surface area contributed by atoms with Gasteiger partial charge in [0.2, 0.25) is 4.96 Å². The highest BCUT2D eigenvalue weighted by molar-refractivity contribution is 7.15. The van der Waals surface area contributed by atoms with E-state index in [9.17, 15) is 9.59 Å². The summed E-state index contributed by atoms with van der Waals surface area (Å²) in [4.78, 5) is 30.1. The molecule has 0 aliphatic carbocycles. The lowest BCUT2D eigenvalue weighted by Crippen LogP contribution is -2.28. The third-order valence-corrected chi connectivity index (χ3v) is 6.16. The number of nitrogens with zero attached hydrogens (tertiary/aromatic N) is 3. The maximum Gasteiger partial charge on any atom is 0.300 e. The van der Waals surface area contributed by atoms with E-state index in [1.165, 1.54) is 4.52 Å². The lowest BCUT2D eigenvalue weighted by molar-refractivity contribution is 0.242. The lowest BCUT2D eigenvalue weighted by atomic mass is 10.0. The second kappa shape index (κ2) is 8.29. The van der Waals surface area contributed by atoms with Crippen LogP contribution in [0.2, 0.25) is 0 Å². The molecule has 166 valence electrons. The second-order valence-electron chi connectivity index (χ2n) is 8.01. The van der Waals surface area contributed by atoms with Crippen molar-refractivity contribution in [1.29, 1.82) is 0 Å². The van der Waals surface area contributed by atoms with Crippen LogP contribution in [0, 0.1) is 0 Å². The SMILES string of the molecule is CC(C)Oc1ccc(-c2nn3c(=O)c(=CC4=Cc5ccccc5OC4C)sc3nc2=O)cc1. The number of aromatic nitrogens is 3. The van der Waals surface area contributed by atoms with E-state index < -0.39 is 5.56 Å². The van der Waals surface area contributed by atoms with Crippen molar-refractivity contribution in [3.05, 3.63) is 84.9 Å². The predicted molar refractivity (Wildman–Crippen MR) is 129 cm³/mol. The molecular formula is C25H21N3O4S. The number of benzene rings is 2. The zero-order chi connectivity index (χ0) is 23.1. The first-order chi connectivity index (χ1) is 15.9. The minimum Gasteiger partial charge on any atom is -0.491 e. The molecule has 0 saturated carbocycles. The molecule has 7 nitrogen and oxygen atoms in total. The first-order valence-electron chi connectivity index (χ1n) is 10.6. The van der Waals surface area contributed by atoms with Crippen LogP contribution >= 0.6 is 11.3 Å². The molecule has 1 atom stereocenters. The number of para-hydroxylation sites is 1. The van der Waals surface area contributed by atoms with E-state index in [1.807, 2.05) is 51.1 Å². The molecule has 0 radical (unpaired) electrons. The molecule has 1 aliphatic rings. The van der Waals surface area contributed by atoms with Crippen LogP contribution in [0.1, 0.15) is 26.3 Å². The van der Waals surface area contributed by atoms with Crippen LogP contribution in [-0.4, -0.2) is 26.8 Å². The molecule has 2 aromatic carbocycles. The average molecular weight is 460 g/mol. The molecule has 0 bridgehead atoms. The van der Waals surface area contributed by atoms with Crippen molar-refractivity contribution < 1.29 is 9.47 Å². The van der Waals surface area contributed by atoms with Crippen molar-refractivity contribution in [3.63, 3.8) is 0 Å². The Morgan fingerprint density at radius 2 is 1.88 bits per heavy atom. The number of hydrogen-bond donors (Lipinski definition) is 0. The van der Waals surface area contributed by atoms with E-state index >= 15 is 0 Å². The smallest absolute Gasteiger partial charge is 0.300 e. The summed E-state index contributed by atoms with van der Waals surface area (Å²) < 4.78 is 13.2. The topological polar surface area (TPSA) is 82.8 Å². The first kappa shape index (κ1) is 21.1. The summed E-state index contributed by atoms with van der Waals surface area (Å²) in [6.07, 6.45) is 3.62. The van der Waals surface area contributed by atoms with Crippen molar-refractivity contribution >= 4 is 28.4 Å². The third kappa shape index (κ3) is 4.05. The van der Waals surface area contributed by atoms with Gasteiger partial charge in [0.15, 0.2) is 5.69 Å². The molecule has 3 heterocycles. The maximum absolute atomic E-state index is 13.1. The van der Waals surface area contributed by atoms with Crippen LogP contribution in [-0.2, 0) is 0 Å². The van der Waals surface area contributed by atoms with Gasteiger partial charge in [-0.25, -0.2) is 0 Å². The monoisotopic (exact) mass is 459 g/mol. The van der Waals surface area contributed by atoms with Gasteiger partial charge >= 0.3 is 5.56 Å². The molecule has 5 rings (SSSR count). The Labute approximate surface area is 193 Å². The number of thiazole rings is 1. The molecule has 4 aromatic rings. The Balaban J connectivity index is 1.57. The molecule has 0 amide bonds. The fraction of sp³-hybridized carbons (Fsp3) is 0.200. The van der Waals surface area contributed by atoms with Gasteiger partial charge < -0.3 is 9.47 Å². The minimum absolute atomic E-state index is 0.0435. The normalized spacial score (nSPS) is 15.9. The summed E-state index contributed by atoms with van der Waals surface area (Å²) >= 11 is 1.13. The Morgan fingerprint density at radius 3 is 2.64 bits per heavy atom. The molecular weight excluding hydrogens is 438 g/mol. The van der Waals surface area contributed by atoms with Crippen molar-refractivity contribution in [2.75, 3.05) is 0 Å². The van der Waals surface area contributed by atoms with Gasteiger partial charge in [-0.15, -0.1) is 0 Å². The van der Waals surface area contributed by atoms with Crippen molar-refractivity contribution in [3.8, 4) is 22.8 Å². The first-order valence-corrected chi connectivity index (χ1v) is 11.4. The summed E-state index contributed by atoms with van der Waals surface area (Å²) in [5, 5.41) is 4.33. The quantitative estimate of drug-likeness (QED) is 0.466. The van der Waals surface area contributed by atoms with E-state index in [1.54, 1.807) is 30.3 Å². The number of ether oxygens (including phenoxy) is 2. The van der Waals surface area contributed by atoms with Gasteiger partial charge in [0.1, 0.15) is 17.6 Å². The average Bonchev–Trinajstić information content (AvgIpc) is 3.08. The van der Waals surface area contributed by atoms with E-state index in [2.05, 4.69) is 10.1 Å². The maximum atomic E-state index is 13.1. The number of hydrogen-bond acceptors (Lipinski definition) is 7. The molecule has 2 aromatic heterocycles. The number of rotatable bonds is 4. The summed E-state index contributed by atoms with van der Waals surface area (Å²) in [6.45, 7) is 5.81. The van der Waals surface area contributed by atoms with Crippen molar-refractivity contribution in [2.45, 2.75) is 33.0 Å². The Bertz CT molecular complexity index is 1550. The molecule has 1 aliphatic heterocycles. The van der Waals surface area contributed by atoms with E-state index in [0.29, 0.717) is 15.8 Å². The van der Waals surface area contributed by atoms with Crippen LogP contribution in [0.15, 0.2) is 63.7 Å². The standard InChI is InChI=1S/C25H21N3O4S/c1-14(2)31-19-10-8-16(9-11-19)22-23(29)26-25-28(27-22)24(30)21(33-25)13-18-12-17-6-4-5-7-20(17)32-15(18)3/h4-15H,1-3H3. The molecule has 0 fully saturated rings. The highest BCUT2D eigenvalue weighted by atomic mass is 32.1. The molecule has 1 unspecified atom stereocenters. The fourth-order valence-corrected chi connectivity index (χ4v) is 4.53. The lowest BCUT2D eigenvalue weighted by Gasteiger charge is -2.22. The van der Waals surface area contributed by atoms with E-state index in [-0.39, 0.29) is 28.4 Å². The van der Waals surface area contributed by atoms with E-state index in [0.717, 1.165) is 28.2 Å². The summed E-state index contributed by atoms with van der Waals surface area (Å²) in [6, 6.07) is 14.8. The third-order valence-electron chi connectivity index (χ3n) is 5.20. The predicted octanol–water partition coefficient (Wildman–Crippen LogP) is 3.33. The summed E-state index contributed by atoms with van der Waals surface area (Å²) in [5.74, 6) is 1.50. The van der Waals surface area contributed by atoms with Crippen LogP contribution < -0.4 is 25.1 Å². The van der Waals surface area contributed by atoms with Gasteiger partial charge in [0.05, 0.1) is 10.6 Å². The highest BCUT2D eigenvalue weighted by Crippen LogP contribution is 2.29. The van der Waals surface area contributed by atoms with E-state index in [4.69, 9.17) is 9.47 Å². The summed E-state index contributed by atoms with van der Waals surface area (Å²) in [7, 11) is 0. The van der Waals surface area contributed by atoms with Crippen LogP contribution in [0.25, 0.3) is 28.4 Å². The van der Waals surface area contributed by atoms with Gasteiger partial charge in [-0.3, -0.25) is 9.59 Å². The zero-order valence-electron chi connectivity index (χ0n) is 18.3.